The highest BCUT2D eigenvalue weighted by molar-refractivity contribution is 6.31. The molecule has 4 aliphatic rings. The monoisotopic (exact) mass is 751 g/mol. The zero-order valence-corrected chi connectivity index (χ0v) is 31.0. The molecule has 0 spiro atoms. The molecule has 0 aromatic heterocycles. The summed E-state index contributed by atoms with van der Waals surface area (Å²) in [6.07, 6.45) is 2.27. The molecule has 14 nitrogen and oxygen atoms in total. The van der Waals surface area contributed by atoms with E-state index in [1.54, 1.807) is 0 Å². The van der Waals surface area contributed by atoms with Crippen LogP contribution in [0.15, 0.2) is 30.4 Å². The molecule has 2 aromatic rings. The molecule has 6 rings (SSSR count). The third-order valence-electron chi connectivity index (χ3n) is 10.4. The summed E-state index contributed by atoms with van der Waals surface area (Å²) in [4.78, 5) is 65.7. The molecule has 6 atom stereocenters. The number of Topliss-reactive ketones (excluding diaryl/α,β-unsaturated/α-hetero) is 2. The predicted octanol–water partition coefficient (Wildman–Crippen LogP) is 3.67. The van der Waals surface area contributed by atoms with Gasteiger partial charge in [0.2, 0.25) is 11.6 Å². The minimum Gasteiger partial charge on any atom is -0.507 e. The third-order valence-corrected chi connectivity index (χ3v) is 10.4. The number of methoxy groups -OCH3 is 1. The van der Waals surface area contributed by atoms with Crippen molar-refractivity contribution < 1.29 is 63.3 Å². The fourth-order valence-corrected chi connectivity index (χ4v) is 7.14. The topological polar surface area (TPSA) is 229 Å². The normalized spacial score (nSPS) is 25.9. The zero-order valence-electron chi connectivity index (χ0n) is 31.0. The van der Waals surface area contributed by atoms with Gasteiger partial charge >= 0.3 is 5.97 Å². The maximum Gasteiger partial charge on any atom is 0.306 e. The number of carbonyl (C=O) groups excluding carboxylic acids is 5. The maximum absolute atomic E-state index is 13.9. The van der Waals surface area contributed by atoms with E-state index in [1.165, 1.54) is 45.1 Å². The Labute approximate surface area is 313 Å². The van der Waals surface area contributed by atoms with E-state index >= 15 is 0 Å². The SMILES string of the molecule is C/C=C\CCC.COc1cccc2c1C(=O)c1c(O)c3c(c(O)c1C2=O)CC[C@](O)(C(=O)COC(=O)CCC(=O)C1CC1)[C@H]3OC1CC(N)C(O)C(C)O1. The summed E-state index contributed by atoms with van der Waals surface area (Å²) in [5, 5.41) is 45.6. The predicted molar refractivity (Wildman–Crippen MR) is 192 cm³/mol. The summed E-state index contributed by atoms with van der Waals surface area (Å²) < 4.78 is 22.3. The molecule has 0 radical (unpaired) electrons. The second-order valence-corrected chi connectivity index (χ2v) is 14.2. The molecular weight excluding hydrogens is 702 g/mol. The fourth-order valence-electron chi connectivity index (χ4n) is 7.14. The first-order valence-corrected chi connectivity index (χ1v) is 18.4. The number of hydrogen-bond acceptors (Lipinski definition) is 14. The molecule has 1 saturated carbocycles. The van der Waals surface area contributed by atoms with Crippen molar-refractivity contribution in [1.29, 1.82) is 0 Å². The minimum absolute atomic E-state index is 0.0384. The van der Waals surface area contributed by atoms with E-state index < -0.39 is 95.2 Å². The molecule has 1 heterocycles. The number of aliphatic hydroxyl groups excluding tert-OH is 1. The molecule has 2 fully saturated rings. The van der Waals surface area contributed by atoms with Crippen LogP contribution in [0.5, 0.6) is 17.2 Å². The van der Waals surface area contributed by atoms with E-state index in [-0.39, 0.29) is 65.4 Å². The first-order valence-electron chi connectivity index (χ1n) is 18.4. The van der Waals surface area contributed by atoms with Crippen molar-refractivity contribution in [2.75, 3.05) is 13.7 Å². The number of ketones is 4. The third kappa shape index (κ3) is 7.98. The Morgan fingerprint density at radius 2 is 1.76 bits per heavy atom. The van der Waals surface area contributed by atoms with Gasteiger partial charge in [-0.15, -0.1) is 0 Å². The molecule has 292 valence electrons. The van der Waals surface area contributed by atoms with Crippen LogP contribution in [0.25, 0.3) is 0 Å². The highest BCUT2D eigenvalue weighted by Gasteiger charge is 2.54. The minimum atomic E-state index is -2.51. The quantitative estimate of drug-likeness (QED) is 0.101. The van der Waals surface area contributed by atoms with Crippen LogP contribution < -0.4 is 10.5 Å². The van der Waals surface area contributed by atoms with Crippen molar-refractivity contribution in [1.82, 2.24) is 0 Å². The van der Waals surface area contributed by atoms with Gasteiger partial charge in [0.25, 0.3) is 0 Å². The van der Waals surface area contributed by atoms with Crippen LogP contribution in [0.3, 0.4) is 0 Å². The number of benzene rings is 2. The summed E-state index contributed by atoms with van der Waals surface area (Å²) in [6, 6.07) is 3.51. The number of fused-ring (bicyclic) bond motifs is 3. The van der Waals surface area contributed by atoms with Crippen molar-refractivity contribution in [3.05, 3.63) is 63.7 Å². The lowest BCUT2D eigenvalue weighted by atomic mass is 9.71. The van der Waals surface area contributed by atoms with Gasteiger partial charge in [0.15, 0.2) is 24.3 Å². The Morgan fingerprint density at radius 1 is 1.06 bits per heavy atom. The maximum atomic E-state index is 13.9. The van der Waals surface area contributed by atoms with E-state index in [9.17, 15) is 44.4 Å². The molecule has 14 heteroatoms. The van der Waals surface area contributed by atoms with E-state index in [2.05, 4.69) is 26.0 Å². The van der Waals surface area contributed by atoms with Gasteiger partial charge in [0, 0.05) is 41.5 Å². The first kappa shape index (κ1) is 40.7. The average molecular weight is 752 g/mol. The number of nitrogens with two attached hydrogens (primary N) is 1. The number of esters is 1. The number of hydrogen-bond donors (Lipinski definition) is 5. The van der Waals surface area contributed by atoms with Crippen LogP contribution in [0.1, 0.15) is 121 Å². The molecule has 4 unspecified atom stereocenters. The summed E-state index contributed by atoms with van der Waals surface area (Å²) in [5.41, 5.74) is 1.96. The van der Waals surface area contributed by atoms with Crippen molar-refractivity contribution in [2.45, 2.75) is 115 Å². The van der Waals surface area contributed by atoms with Crippen molar-refractivity contribution in [2.24, 2.45) is 11.7 Å². The number of phenols is 2. The number of rotatable bonds is 12. The van der Waals surface area contributed by atoms with Crippen LogP contribution in [0.2, 0.25) is 0 Å². The van der Waals surface area contributed by atoms with Crippen molar-refractivity contribution in [3.8, 4) is 17.2 Å². The number of ether oxygens (including phenoxy) is 4. The second kappa shape index (κ2) is 16.9. The Bertz CT molecular complexity index is 1820. The Balaban J connectivity index is 0.000000864. The Morgan fingerprint density at radius 3 is 2.37 bits per heavy atom. The van der Waals surface area contributed by atoms with E-state index in [4.69, 9.17) is 24.7 Å². The van der Waals surface area contributed by atoms with Crippen LogP contribution in [-0.4, -0.2) is 93.4 Å². The number of aromatic hydroxyl groups is 2. The number of aliphatic hydroxyl groups is 2. The van der Waals surface area contributed by atoms with Crippen molar-refractivity contribution >= 4 is 29.1 Å². The number of allylic oxidation sites excluding steroid dienone is 2. The highest BCUT2D eigenvalue weighted by atomic mass is 16.7. The lowest BCUT2D eigenvalue weighted by Crippen LogP contribution is -2.55. The number of phenolic OH excluding ortho intramolecular Hbond substituents is 2. The highest BCUT2D eigenvalue weighted by Crippen LogP contribution is 2.53. The number of carbonyl (C=O) groups is 5. The van der Waals surface area contributed by atoms with Crippen LogP contribution in [0.4, 0.5) is 0 Å². The van der Waals surface area contributed by atoms with E-state index in [0.29, 0.717) is 0 Å². The van der Waals surface area contributed by atoms with Gasteiger partial charge in [-0.2, -0.15) is 0 Å². The molecule has 1 aliphatic heterocycles. The van der Waals surface area contributed by atoms with Gasteiger partial charge in [-0.3, -0.25) is 24.0 Å². The van der Waals surface area contributed by atoms with Crippen LogP contribution in [-0.2, 0) is 35.0 Å². The average Bonchev–Trinajstić information content (AvgIpc) is 4.01. The Hall–Kier alpha value is -4.47. The lowest BCUT2D eigenvalue weighted by Gasteiger charge is -2.44. The molecule has 0 amide bonds. The molecule has 3 aliphatic carbocycles. The van der Waals surface area contributed by atoms with Crippen LogP contribution in [0, 0.1) is 5.92 Å². The van der Waals surface area contributed by atoms with Gasteiger partial charge in [-0.25, -0.2) is 0 Å². The smallest absolute Gasteiger partial charge is 0.306 e. The van der Waals surface area contributed by atoms with Gasteiger partial charge in [-0.1, -0.05) is 37.6 Å². The van der Waals surface area contributed by atoms with Crippen LogP contribution >= 0.6 is 0 Å². The molecule has 0 bridgehead atoms. The lowest BCUT2D eigenvalue weighted by molar-refractivity contribution is -0.265. The van der Waals surface area contributed by atoms with Crippen molar-refractivity contribution in [3.63, 3.8) is 0 Å². The molecule has 54 heavy (non-hydrogen) atoms. The largest absolute Gasteiger partial charge is 0.507 e. The zero-order chi connectivity index (χ0) is 39.5. The van der Waals surface area contributed by atoms with Gasteiger partial charge in [-0.05, 0) is 52.0 Å². The summed E-state index contributed by atoms with van der Waals surface area (Å²) >= 11 is 0. The van der Waals surface area contributed by atoms with Gasteiger partial charge < -0.3 is 45.1 Å². The molecule has 2 aromatic carbocycles. The molecule has 1 saturated heterocycles. The van der Waals surface area contributed by atoms with E-state index in [1.807, 2.05) is 0 Å². The summed E-state index contributed by atoms with van der Waals surface area (Å²) in [6.45, 7) is 4.85. The summed E-state index contributed by atoms with van der Waals surface area (Å²) in [5.74, 6) is -4.97. The fraction of sp³-hybridized carbons (Fsp3) is 0.525. The van der Waals surface area contributed by atoms with E-state index in [0.717, 1.165) is 12.8 Å². The Kier molecular flexibility index (Phi) is 12.7. The first-order chi connectivity index (χ1) is 25.7. The molecular formula is C40H49NO13. The van der Waals surface area contributed by atoms with Gasteiger partial charge in [0.1, 0.15) is 29.1 Å². The molecule has 6 N–H and O–H groups in total. The summed E-state index contributed by atoms with van der Waals surface area (Å²) in [7, 11) is 1.30. The number of unbranched alkanes of at least 4 members (excludes halogenated alkanes) is 1. The standard InChI is InChI=1S/C34H37NO13.C6H12/c1-14-28(39)18(35)12-23(47-14)48-33-25-17(10-11-34(33,44)21(37)13-46-22(38)9-8-19(36)15-6-7-15)30(41)26-27(32(25)43)31(42)24-16(29(26)40)4-3-5-20(24)45-2;1-3-5-6-4-2/h3-5,14-15,18,23,28,33,39,41,43-44H,6-13,35H2,1-2H3;3,5H,4,6H2,1-2H3/b;5-3-/t14?,18?,23?,28?,33-,34-;/m0./s1. The van der Waals surface area contributed by atoms with Gasteiger partial charge in [0.05, 0.1) is 42.4 Å². The second-order valence-electron chi connectivity index (χ2n) is 14.2.